The van der Waals surface area contributed by atoms with E-state index < -0.39 is 23.6 Å². The molecule has 0 saturated carbocycles. The Bertz CT molecular complexity index is 4960. The predicted molar refractivity (Wildman–Crippen MR) is 413 cm³/mol. The quantitative estimate of drug-likeness (QED) is 0.0370. The van der Waals surface area contributed by atoms with Gasteiger partial charge in [-0.1, -0.05) is 65.2 Å². The number of hydrogen-bond acceptors (Lipinski definition) is 19. The van der Waals surface area contributed by atoms with Crippen LogP contribution in [0.3, 0.4) is 0 Å². The number of aromatic nitrogens is 4. The van der Waals surface area contributed by atoms with E-state index >= 15 is 0 Å². The van der Waals surface area contributed by atoms with E-state index in [-0.39, 0.29) is 40.9 Å². The summed E-state index contributed by atoms with van der Waals surface area (Å²) in [5.74, 6) is 22.7. The van der Waals surface area contributed by atoms with E-state index in [4.69, 9.17) is 46.9 Å². The Morgan fingerprint density at radius 3 is 1.32 bits per heavy atom. The van der Waals surface area contributed by atoms with Crippen molar-refractivity contribution in [1.29, 1.82) is 5.26 Å². The Morgan fingerprint density at radius 2 is 0.915 bits per heavy atom. The molecule has 4 aliphatic rings. The van der Waals surface area contributed by atoms with Crippen LogP contribution in [0.2, 0.25) is 0 Å². The average Bonchev–Trinajstić information content (AvgIpc) is 0.878. The van der Waals surface area contributed by atoms with Crippen molar-refractivity contribution in [3.05, 3.63) is 118 Å². The number of pyridine rings is 4. The van der Waals surface area contributed by atoms with Crippen molar-refractivity contribution in [2.24, 2.45) is 52.5 Å². The van der Waals surface area contributed by atoms with Crippen molar-refractivity contribution in [2.45, 2.75) is 112 Å². The molecule has 25 heteroatoms. The van der Waals surface area contributed by atoms with Gasteiger partial charge in [0.05, 0.1) is 72.9 Å². The fourth-order valence-corrected chi connectivity index (χ4v) is 14.3. The molecular formula is C81H93N15O10. The highest BCUT2D eigenvalue weighted by Gasteiger charge is 2.33. The van der Waals surface area contributed by atoms with Crippen LogP contribution in [0.1, 0.15) is 164 Å². The zero-order valence-electron chi connectivity index (χ0n) is 62.2. The number of ether oxygens (including phenoxy) is 4. The summed E-state index contributed by atoms with van der Waals surface area (Å²) in [5, 5.41) is 28.4. The highest BCUT2D eigenvalue weighted by Crippen LogP contribution is 2.39. The molecule has 4 aromatic carbocycles. The molecule has 6 amide bonds. The van der Waals surface area contributed by atoms with E-state index in [0.29, 0.717) is 117 Å². The molecule has 4 aromatic heterocycles. The first-order chi connectivity index (χ1) is 50.9. The number of anilines is 4. The zero-order chi connectivity index (χ0) is 76.6. The Labute approximate surface area is 618 Å². The molecule has 4 saturated heterocycles. The Hall–Kier alpha value is -12.1. The maximum Gasteiger partial charge on any atom is 0.252 e. The van der Waals surface area contributed by atoms with Gasteiger partial charge in [0.15, 0.2) is 0 Å². The van der Waals surface area contributed by atoms with Crippen LogP contribution in [0.25, 0.3) is 43.1 Å². The molecule has 8 aromatic rings. The van der Waals surface area contributed by atoms with Crippen LogP contribution in [0.15, 0.2) is 73.3 Å². The Morgan fingerprint density at radius 1 is 0.519 bits per heavy atom. The standard InChI is InChI=1S/C22H27N3O2.C21H24N4O3.C20H22N4O3.C18H20N4O2/c1-5-7-16-11-24-22(25-12-14(3)8-15(6-2)13-25)18-10-20(27-4)19(21(23)26)9-17(16)18;1-4-6-13-10-23-21(24-11-17-12(5-2)7-19(26)25-17)15-9-18(28-3)16(20(22)27)8-14(13)15;1-4-5-12-9-22-20(23-10-16-11(2)6-18(25)24-16)14-8-17(27-3)15(19(21)26)7-13(12)14;1-11-4-3-5-22(10-11)18-14-7-16(24-2)15(17(20)23)6-13(14)12(8-19)9-21-18/h9-11,14-15H,6,8,12-13H2,1-4H3,(H2,23,26);8-10,12,17H,5,7,11H2,1-3H3,(H2,22,27)(H,23,24)(H,25,26);7-9,11,16H,6,10H2,1-3H3,(H2,21,26)(H,22,23)(H,24,25);6-7,9,11H,3-5,10H2,1-2H3,(H2,20,23)/t14-,15-;12-,17-;11-,16-;11-/m0110/s1. The molecule has 12 rings (SSSR count). The fraction of sp³-hybridized carbons (Fsp3) is 0.395. The van der Waals surface area contributed by atoms with Gasteiger partial charge in [-0.15, -0.1) is 17.8 Å². The van der Waals surface area contributed by atoms with E-state index in [1.165, 1.54) is 34.2 Å². The SMILES string of the molecule is CC#Cc1cnc(N2C[C@@H](C)C[C@H](CC)C2)c2cc(OC)c(C(N)=O)cc12.CC#Cc1cnc(NC[C@H]2NC(=O)C[C@H]2C)c2cc(OC)c(C(N)=O)cc12.CC#Cc1cnc(NC[C@H]2NC(=O)C[C@H]2CC)c2cc(OC)c(C(N)=O)cc12.COc1cc2c(N3CCC[C@H](C)C3)ncc(C#N)c2cc1C(N)=O. The second-order valence-corrected chi connectivity index (χ2v) is 27.0. The second-order valence-electron chi connectivity index (χ2n) is 27.0. The van der Waals surface area contributed by atoms with Crippen LogP contribution in [-0.4, -0.2) is 135 Å². The number of amides is 6. The molecular weight excluding hydrogens is 1340 g/mol. The number of nitrogens with two attached hydrogens (primary N) is 4. The molecule has 106 heavy (non-hydrogen) atoms. The lowest BCUT2D eigenvalue weighted by atomic mass is 9.88. The third kappa shape index (κ3) is 17.7. The molecule has 7 atom stereocenters. The molecule has 8 heterocycles. The number of piperidine rings is 2. The van der Waals surface area contributed by atoms with Gasteiger partial charge in [-0.3, -0.25) is 28.8 Å². The van der Waals surface area contributed by atoms with Crippen molar-refractivity contribution < 1.29 is 47.7 Å². The molecule has 0 unspecified atom stereocenters. The fourth-order valence-electron chi connectivity index (χ4n) is 14.3. The minimum absolute atomic E-state index is 0.0382. The van der Waals surface area contributed by atoms with Gasteiger partial charge >= 0.3 is 0 Å². The number of benzene rings is 4. The summed E-state index contributed by atoms with van der Waals surface area (Å²) in [6.07, 6.45) is 13.4. The monoisotopic (exact) mass is 1440 g/mol. The van der Waals surface area contributed by atoms with Crippen molar-refractivity contribution in [1.82, 2.24) is 30.6 Å². The molecule has 0 aliphatic carbocycles. The van der Waals surface area contributed by atoms with E-state index in [9.17, 15) is 34.0 Å². The number of primary amides is 4. The number of carbonyl (C=O) groups excluding carboxylic acids is 6. The van der Waals surface area contributed by atoms with Crippen LogP contribution in [0, 0.1) is 76.4 Å². The second kappa shape index (κ2) is 35.4. The lowest BCUT2D eigenvalue weighted by molar-refractivity contribution is -0.120. The van der Waals surface area contributed by atoms with Crippen molar-refractivity contribution in [3.8, 4) is 64.6 Å². The molecule has 0 bridgehead atoms. The Balaban J connectivity index is 0.000000164. The van der Waals surface area contributed by atoms with Gasteiger partial charge in [0.1, 0.15) is 52.3 Å². The first-order valence-electron chi connectivity index (χ1n) is 35.4. The maximum atomic E-state index is 11.9. The molecule has 4 fully saturated rings. The highest BCUT2D eigenvalue weighted by atomic mass is 16.5. The van der Waals surface area contributed by atoms with Crippen LogP contribution < -0.4 is 72.9 Å². The summed E-state index contributed by atoms with van der Waals surface area (Å²) in [6.45, 7) is 21.1. The normalized spacial score (nSPS) is 18.5. The number of hydrogen-bond donors (Lipinski definition) is 8. The van der Waals surface area contributed by atoms with Crippen LogP contribution in [-0.2, 0) is 9.59 Å². The summed E-state index contributed by atoms with van der Waals surface area (Å²) in [7, 11) is 6.02. The van der Waals surface area contributed by atoms with Crippen LogP contribution in [0.4, 0.5) is 23.3 Å². The van der Waals surface area contributed by atoms with Crippen molar-refractivity contribution >= 4 is 102 Å². The van der Waals surface area contributed by atoms with Gasteiger partial charge in [-0.25, -0.2) is 19.9 Å². The minimum atomic E-state index is -0.581. The molecule has 4 aliphatic heterocycles. The molecule has 25 nitrogen and oxygen atoms in total. The summed E-state index contributed by atoms with van der Waals surface area (Å²) in [5.41, 5.74) is 25.8. The third-order valence-corrected chi connectivity index (χ3v) is 19.7. The van der Waals surface area contributed by atoms with Gasteiger partial charge in [0.2, 0.25) is 11.8 Å². The maximum absolute atomic E-state index is 11.9. The van der Waals surface area contributed by atoms with Gasteiger partial charge in [0, 0.05) is 132 Å². The predicted octanol–water partition coefficient (Wildman–Crippen LogP) is 9.73. The van der Waals surface area contributed by atoms with E-state index in [0.717, 1.165) is 100 Å². The largest absolute Gasteiger partial charge is 0.496 e. The minimum Gasteiger partial charge on any atom is -0.496 e. The number of nitrogens with one attached hydrogen (secondary N) is 4. The molecule has 0 spiro atoms. The first-order valence-corrected chi connectivity index (χ1v) is 35.4. The molecule has 552 valence electrons. The third-order valence-electron chi connectivity index (χ3n) is 19.7. The van der Waals surface area contributed by atoms with E-state index in [1.807, 2.05) is 13.0 Å². The zero-order valence-corrected chi connectivity index (χ0v) is 62.2. The van der Waals surface area contributed by atoms with Gasteiger partial charge in [-0.05, 0) is 118 Å². The van der Waals surface area contributed by atoms with E-state index in [2.05, 4.69) is 115 Å². The number of fused-ring (bicyclic) bond motifs is 4. The van der Waals surface area contributed by atoms with E-state index in [1.54, 1.807) is 95.1 Å². The number of nitriles is 1. The topological polar surface area (TPSA) is 373 Å². The van der Waals surface area contributed by atoms with Crippen molar-refractivity contribution in [2.75, 3.05) is 88.1 Å². The lowest BCUT2D eigenvalue weighted by Crippen LogP contribution is -2.40. The number of carbonyl (C=O) groups is 6. The summed E-state index contributed by atoms with van der Waals surface area (Å²) >= 11 is 0. The summed E-state index contributed by atoms with van der Waals surface area (Å²) < 4.78 is 21.4. The number of methoxy groups -OCH3 is 4. The smallest absolute Gasteiger partial charge is 0.252 e. The lowest BCUT2D eigenvalue weighted by Gasteiger charge is -2.37. The molecule has 12 N–H and O–H groups in total. The Kier molecular flexibility index (Phi) is 26.1. The average molecular weight is 1440 g/mol. The number of rotatable bonds is 18. The van der Waals surface area contributed by atoms with Gasteiger partial charge < -0.3 is 72.9 Å². The van der Waals surface area contributed by atoms with Crippen LogP contribution >= 0.6 is 0 Å². The summed E-state index contributed by atoms with van der Waals surface area (Å²) in [4.78, 5) is 93.3. The van der Waals surface area contributed by atoms with Gasteiger partial charge in [0.25, 0.3) is 23.6 Å². The molecule has 0 radical (unpaired) electrons. The highest BCUT2D eigenvalue weighted by molar-refractivity contribution is 6.08. The first kappa shape index (κ1) is 78.1. The van der Waals surface area contributed by atoms with Crippen LogP contribution in [0.5, 0.6) is 23.0 Å². The van der Waals surface area contributed by atoms with Crippen molar-refractivity contribution in [3.63, 3.8) is 0 Å². The van der Waals surface area contributed by atoms with Gasteiger partial charge in [-0.2, -0.15) is 5.26 Å². The number of nitrogens with zero attached hydrogens (tertiary/aromatic N) is 7. The summed E-state index contributed by atoms with van der Waals surface area (Å²) in [6, 6.07) is 16.1.